The number of hydrogen-bond donors (Lipinski definition) is 0. The molecule has 2 rings (SSSR count). The maximum atomic E-state index is 12.8. The fourth-order valence-corrected chi connectivity index (χ4v) is 2.76. The molecule has 0 aromatic heterocycles. The summed E-state index contributed by atoms with van der Waals surface area (Å²) >= 11 is 0. The molecule has 0 spiro atoms. The van der Waals surface area contributed by atoms with Crippen LogP contribution in [0, 0.1) is 0 Å². The SMILES string of the molecule is CC(C)N(C(=O)c1cccc(C(=O)c2ccccc2)c1)C(C)C. The number of hydrogen-bond acceptors (Lipinski definition) is 2. The molecular weight excluding hydrogens is 286 g/mol. The van der Waals surface area contributed by atoms with Gasteiger partial charge in [-0.2, -0.15) is 0 Å². The second kappa shape index (κ2) is 7.23. The van der Waals surface area contributed by atoms with Gasteiger partial charge in [-0.05, 0) is 39.8 Å². The Balaban J connectivity index is 2.33. The highest BCUT2D eigenvalue weighted by Crippen LogP contribution is 2.16. The molecule has 0 unspecified atom stereocenters. The summed E-state index contributed by atoms with van der Waals surface area (Å²) in [4.78, 5) is 27.1. The van der Waals surface area contributed by atoms with E-state index in [2.05, 4.69) is 0 Å². The normalized spacial score (nSPS) is 10.9. The van der Waals surface area contributed by atoms with Gasteiger partial charge in [0, 0.05) is 28.8 Å². The third-order valence-electron chi connectivity index (χ3n) is 3.75. The zero-order chi connectivity index (χ0) is 17.0. The van der Waals surface area contributed by atoms with Gasteiger partial charge in [-0.25, -0.2) is 0 Å². The molecule has 0 aliphatic rings. The Morgan fingerprint density at radius 2 is 1.26 bits per heavy atom. The molecule has 0 N–H and O–H groups in total. The van der Waals surface area contributed by atoms with Crippen molar-refractivity contribution in [3.05, 3.63) is 71.3 Å². The first kappa shape index (κ1) is 16.9. The predicted molar refractivity (Wildman–Crippen MR) is 92.8 cm³/mol. The van der Waals surface area contributed by atoms with Gasteiger partial charge in [0.25, 0.3) is 5.91 Å². The van der Waals surface area contributed by atoms with Crippen molar-refractivity contribution in [1.29, 1.82) is 0 Å². The Bertz CT molecular complexity index is 682. The molecule has 0 saturated heterocycles. The van der Waals surface area contributed by atoms with Crippen LogP contribution in [-0.4, -0.2) is 28.7 Å². The molecular formula is C20H23NO2. The summed E-state index contributed by atoms with van der Waals surface area (Å²) in [6.07, 6.45) is 0. The first-order chi connectivity index (χ1) is 10.9. The molecule has 3 nitrogen and oxygen atoms in total. The van der Waals surface area contributed by atoms with E-state index in [0.29, 0.717) is 16.7 Å². The molecule has 2 aromatic carbocycles. The lowest BCUT2D eigenvalue weighted by molar-refractivity contribution is 0.0643. The highest BCUT2D eigenvalue weighted by molar-refractivity contribution is 6.10. The zero-order valence-corrected chi connectivity index (χ0v) is 14.1. The predicted octanol–water partition coefficient (Wildman–Crippen LogP) is 4.18. The van der Waals surface area contributed by atoms with E-state index in [1.54, 1.807) is 36.4 Å². The fourth-order valence-electron chi connectivity index (χ4n) is 2.76. The monoisotopic (exact) mass is 309 g/mol. The zero-order valence-electron chi connectivity index (χ0n) is 14.1. The summed E-state index contributed by atoms with van der Waals surface area (Å²) in [7, 11) is 0. The van der Waals surface area contributed by atoms with Crippen molar-refractivity contribution in [1.82, 2.24) is 4.90 Å². The Morgan fingerprint density at radius 3 is 1.83 bits per heavy atom. The van der Waals surface area contributed by atoms with Crippen molar-refractivity contribution in [2.75, 3.05) is 0 Å². The fraction of sp³-hybridized carbons (Fsp3) is 0.300. The summed E-state index contributed by atoms with van der Waals surface area (Å²) in [5.41, 5.74) is 1.71. The number of carbonyl (C=O) groups is 2. The quantitative estimate of drug-likeness (QED) is 0.777. The van der Waals surface area contributed by atoms with Crippen LogP contribution in [0.25, 0.3) is 0 Å². The smallest absolute Gasteiger partial charge is 0.254 e. The standard InChI is InChI=1S/C20H23NO2/c1-14(2)21(15(3)4)20(23)18-12-8-11-17(13-18)19(22)16-9-6-5-7-10-16/h5-15H,1-4H3. The van der Waals surface area contributed by atoms with E-state index >= 15 is 0 Å². The first-order valence-corrected chi connectivity index (χ1v) is 7.94. The number of carbonyl (C=O) groups excluding carboxylic acids is 2. The minimum absolute atomic E-state index is 0.0438. The molecule has 0 atom stereocenters. The average molecular weight is 309 g/mol. The lowest BCUT2D eigenvalue weighted by Gasteiger charge is -2.31. The number of ketones is 1. The molecule has 3 heteroatoms. The molecule has 0 bridgehead atoms. The lowest BCUT2D eigenvalue weighted by atomic mass is 10.0. The van der Waals surface area contributed by atoms with Crippen LogP contribution in [0.15, 0.2) is 54.6 Å². The van der Waals surface area contributed by atoms with Crippen LogP contribution in [0.3, 0.4) is 0 Å². The van der Waals surface area contributed by atoms with Crippen molar-refractivity contribution in [2.45, 2.75) is 39.8 Å². The molecule has 0 aliphatic carbocycles. The van der Waals surface area contributed by atoms with Crippen LogP contribution in [0.2, 0.25) is 0 Å². The molecule has 1 amide bonds. The van der Waals surface area contributed by atoms with Crippen molar-refractivity contribution in [2.24, 2.45) is 0 Å². The van der Waals surface area contributed by atoms with Crippen LogP contribution in [0.5, 0.6) is 0 Å². The van der Waals surface area contributed by atoms with Crippen molar-refractivity contribution in [3.8, 4) is 0 Å². The van der Waals surface area contributed by atoms with Gasteiger partial charge >= 0.3 is 0 Å². The van der Waals surface area contributed by atoms with Gasteiger partial charge in [-0.1, -0.05) is 42.5 Å². The number of benzene rings is 2. The first-order valence-electron chi connectivity index (χ1n) is 7.94. The molecule has 0 saturated carbocycles. The van der Waals surface area contributed by atoms with Crippen LogP contribution >= 0.6 is 0 Å². The summed E-state index contributed by atoms with van der Waals surface area (Å²) in [6.45, 7) is 7.99. The Kier molecular flexibility index (Phi) is 5.32. The van der Waals surface area contributed by atoms with Gasteiger partial charge in [-0.3, -0.25) is 9.59 Å². The van der Waals surface area contributed by atoms with E-state index in [1.165, 1.54) is 0 Å². The Morgan fingerprint density at radius 1 is 0.739 bits per heavy atom. The van der Waals surface area contributed by atoms with E-state index in [1.807, 2.05) is 50.8 Å². The minimum Gasteiger partial charge on any atom is -0.334 e. The van der Waals surface area contributed by atoms with Crippen LogP contribution in [-0.2, 0) is 0 Å². The van der Waals surface area contributed by atoms with Gasteiger partial charge in [0.15, 0.2) is 5.78 Å². The van der Waals surface area contributed by atoms with Crippen molar-refractivity contribution in [3.63, 3.8) is 0 Å². The van der Waals surface area contributed by atoms with Gasteiger partial charge in [-0.15, -0.1) is 0 Å². The Labute approximate surface area is 137 Å². The topological polar surface area (TPSA) is 37.4 Å². The highest BCUT2D eigenvalue weighted by Gasteiger charge is 2.22. The van der Waals surface area contributed by atoms with E-state index in [0.717, 1.165) is 0 Å². The molecule has 0 heterocycles. The van der Waals surface area contributed by atoms with E-state index < -0.39 is 0 Å². The maximum Gasteiger partial charge on any atom is 0.254 e. The largest absolute Gasteiger partial charge is 0.334 e. The van der Waals surface area contributed by atoms with Crippen LogP contribution in [0.4, 0.5) is 0 Å². The van der Waals surface area contributed by atoms with Crippen molar-refractivity contribution < 1.29 is 9.59 Å². The molecule has 0 radical (unpaired) electrons. The van der Waals surface area contributed by atoms with Crippen LogP contribution < -0.4 is 0 Å². The third-order valence-corrected chi connectivity index (χ3v) is 3.75. The molecule has 2 aromatic rings. The highest BCUT2D eigenvalue weighted by atomic mass is 16.2. The van der Waals surface area contributed by atoms with Crippen molar-refractivity contribution >= 4 is 11.7 Å². The van der Waals surface area contributed by atoms with Gasteiger partial charge < -0.3 is 4.90 Å². The second-order valence-electron chi connectivity index (χ2n) is 6.18. The minimum atomic E-state index is -0.0686. The number of rotatable bonds is 5. The van der Waals surface area contributed by atoms with Gasteiger partial charge in [0.2, 0.25) is 0 Å². The molecule has 0 aliphatic heterocycles. The Hall–Kier alpha value is -2.42. The number of nitrogens with zero attached hydrogens (tertiary/aromatic N) is 1. The third kappa shape index (κ3) is 3.86. The van der Waals surface area contributed by atoms with Gasteiger partial charge in [0.1, 0.15) is 0 Å². The maximum absolute atomic E-state index is 12.8. The molecule has 0 fully saturated rings. The summed E-state index contributed by atoms with van der Waals surface area (Å²) in [5.74, 6) is -0.112. The summed E-state index contributed by atoms with van der Waals surface area (Å²) < 4.78 is 0. The number of amides is 1. The average Bonchev–Trinajstić information content (AvgIpc) is 2.54. The van der Waals surface area contributed by atoms with E-state index in [-0.39, 0.29) is 23.8 Å². The van der Waals surface area contributed by atoms with Crippen LogP contribution in [0.1, 0.15) is 54.0 Å². The van der Waals surface area contributed by atoms with E-state index in [4.69, 9.17) is 0 Å². The summed E-state index contributed by atoms with van der Waals surface area (Å²) in [5, 5.41) is 0. The summed E-state index contributed by atoms with van der Waals surface area (Å²) in [6, 6.07) is 16.3. The molecule has 23 heavy (non-hydrogen) atoms. The van der Waals surface area contributed by atoms with Gasteiger partial charge in [0.05, 0.1) is 0 Å². The molecule has 120 valence electrons. The van der Waals surface area contributed by atoms with E-state index in [9.17, 15) is 9.59 Å². The lowest BCUT2D eigenvalue weighted by Crippen LogP contribution is -2.42. The second-order valence-corrected chi connectivity index (χ2v) is 6.18.